The van der Waals surface area contributed by atoms with Crippen molar-refractivity contribution >= 4 is 11.8 Å². The second-order valence-electron chi connectivity index (χ2n) is 6.51. The summed E-state index contributed by atoms with van der Waals surface area (Å²) in [6, 6.07) is 5.29. The van der Waals surface area contributed by atoms with Crippen LogP contribution in [0, 0.1) is 0 Å². The Kier molecular flexibility index (Phi) is 5.98. The van der Waals surface area contributed by atoms with Gasteiger partial charge in [-0.15, -0.1) is 0 Å². The number of carbonyl (C=O) groups excluding carboxylic acids is 2. The van der Waals surface area contributed by atoms with E-state index in [1.807, 2.05) is 4.90 Å². The van der Waals surface area contributed by atoms with Crippen LogP contribution in [0.2, 0.25) is 0 Å². The minimum atomic E-state index is -0.313. The van der Waals surface area contributed by atoms with E-state index >= 15 is 0 Å². The molecular weight excluding hydrogens is 336 g/mol. The van der Waals surface area contributed by atoms with Gasteiger partial charge in [0.05, 0.1) is 14.2 Å². The second-order valence-corrected chi connectivity index (χ2v) is 6.51. The van der Waals surface area contributed by atoms with Crippen molar-refractivity contribution < 1.29 is 23.8 Å². The van der Waals surface area contributed by atoms with Crippen LogP contribution in [0.1, 0.15) is 29.6 Å². The van der Waals surface area contributed by atoms with E-state index in [9.17, 15) is 9.59 Å². The average molecular weight is 362 g/mol. The molecule has 0 saturated carbocycles. The van der Waals surface area contributed by atoms with E-state index in [-0.39, 0.29) is 17.9 Å². The molecule has 2 heterocycles. The zero-order valence-corrected chi connectivity index (χ0v) is 15.4. The van der Waals surface area contributed by atoms with Crippen LogP contribution < -0.4 is 9.47 Å². The zero-order valence-electron chi connectivity index (χ0n) is 15.4. The molecule has 0 spiro atoms. The fraction of sp³-hybridized carbons (Fsp3) is 0.579. The van der Waals surface area contributed by atoms with Crippen LogP contribution in [-0.4, -0.2) is 74.7 Å². The van der Waals surface area contributed by atoms with Crippen molar-refractivity contribution in [3.05, 3.63) is 23.8 Å². The standard InChI is InChI=1S/C19H26N2O5/c1-24-14-6-3-7-15(25-2)17(14)19(23)21-10-5-9-20(11-12-21)18(22)16-8-4-13-26-16/h3,6-7,16H,4-5,8-13H2,1-2H3. The van der Waals surface area contributed by atoms with Gasteiger partial charge in [0, 0.05) is 32.8 Å². The second kappa shape index (κ2) is 8.40. The smallest absolute Gasteiger partial charge is 0.261 e. The van der Waals surface area contributed by atoms with E-state index in [1.165, 1.54) is 14.2 Å². The summed E-state index contributed by atoms with van der Waals surface area (Å²) in [6.45, 7) is 2.89. The van der Waals surface area contributed by atoms with Crippen LogP contribution in [0.15, 0.2) is 18.2 Å². The molecular formula is C19H26N2O5. The monoisotopic (exact) mass is 362 g/mol. The zero-order chi connectivity index (χ0) is 18.5. The summed E-state index contributed by atoms with van der Waals surface area (Å²) in [6.07, 6.45) is 2.15. The van der Waals surface area contributed by atoms with Crippen molar-refractivity contribution in [3.63, 3.8) is 0 Å². The van der Waals surface area contributed by atoms with Crippen molar-refractivity contribution in [2.75, 3.05) is 47.0 Å². The van der Waals surface area contributed by atoms with Crippen molar-refractivity contribution in [1.82, 2.24) is 9.80 Å². The molecule has 1 aromatic carbocycles. The summed E-state index contributed by atoms with van der Waals surface area (Å²) in [7, 11) is 3.08. The predicted octanol–water partition coefficient (Wildman–Crippen LogP) is 1.56. The number of nitrogens with zero attached hydrogens (tertiary/aromatic N) is 2. The molecule has 1 unspecified atom stereocenters. The first kappa shape index (κ1) is 18.5. The van der Waals surface area contributed by atoms with Gasteiger partial charge in [0.25, 0.3) is 11.8 Å². The average Bonchev–Trinajstić information content (AvgIpc) is 3.10. The number of hydrogen-bond donors (Lipinski definition) is 0. The van der Waals surface area contributed by atoms with Crippen LogP contribution in [0.4, 0.5) is 0 Å². The number of ether oxygens (including phenoxy) is 3. The molecule has 1 aromatic rings. The van der Waals surface area contributed by atoms with Crippen LogP contribution in [0.25, 0.3) is 0 Å². The Bertz CT molecular complexity index is 635. The van der Waals surface area contributed by atoms with Crippen LogP contribution in [-0.2, 0) is 9.53 Å². The highest BCUT2D eigenvalue weighted by Crippen LogP contribution is 2.30. The lowest BCUT2D eigenvalue weighted by Crippen LogP contribution is -2.41. The van der Waals surface area contributed by atoms with E-state index in [4.69, 9.17) is 14.2 Å². The molecule has 2 aliphatic heterocycles. The van der Waals surface area contributed by atoms with Gasteiger partial charge in [-0.3, -0.25) is 9.59 Å². The lowest BCUT2D eigenvalue weighted by Gasteiger charge is -2.25. The summed E-state index contributed by atoms with van der Waals surface area (Å²) >= 11 is 0. The molecule has 0 aliphatic carbocycles. The molecule has 26 heavy (non-hydrogen) atoms. The Balaban J connectivity index is 1.71. The van der Waals surface area contributed by atoms with Crippen molar-refractivity contribution in [2.24, 2.45) is 0 Å². The third-order valence-electron chi connectivity index (χ3n) is 4.94. The molecule has 0 bridgehead atoms. The number of methoxy groups -OCH3 is 2. The maximum absolute atomic E-state index is 13.1. The summed E-state index contributed by atoms with van der Waals surface area (Å²) in [5, 5.41) is 0. The van der Waals surface area contributed by atoms with E-state index in [1.54, 1.807) is 23.1 Å². The van der Waals surface area contributed by atoms with Gasteiger partial charge >= 0.3 is 0 Å². The fourth-order valence-electron chi connectivity index (χ4n) is 3.54. The molecule has 2 aliphatic rings. The topological polar surface area (TPSA) is 68.3 Å². The summed E-state index contributed by atoms with van der Waals surface area (Å²) in [5.74, 6) is 0.897. The van der Waals surface area contributed by atoms with Crippen LogP contribution in [0.3, 0.4) is 0 Å². The maximum atomic E-state index is 13.1. The SMILES string of the molecule is COc1cccc(OC)c1C(=O)N1CCCN(C(=O)C2CCCO2)CC1. The summed E-state index contributed by atoms with van der Waals surface area (Å²) in [4.78, 5) is 29.2. The molecule has 142 valence electrons. The first-order valence-corrected chi connectivity index (χ1v) is 9.06. The molecule has 2 fully saturated rings. The summed E-state index contributed by atoms with van der Waals surface area (Å²) in [5.41, 5.74) is 0.427. The van der Waals surface area contributed by atoms with Gasteiger partial charge < -0.3 is 24.0 Å². The fourth-order valence-corrected chi connectivity index (χ4v) is 3.54. The number of hydrogen-bond acceptors (Lipinski definition) is 5. The van der Waals surface area contributed by atoms with Gasteiger partial charge in [0.1, 0.15) is 23.2 Å². The quantitative estimate of drug-likeness (QED) is 0.813. The van der Waals surface area contributed by atoms with E-state index in [2.05, 4.69) is 0 Å². The van der Waals surface area contributed by atoms with Crippen molar-refractivity contribution in [1.29, 1.82) is 0 Å². The Labute approximate surface area is 153 Å². The Morgan fingerprint density at radius 2 is 1.65 bits per heavy atom. The molecule has 2 amide bonds. The predicted molar refractivity (Wildman–Crippen MR) is 95.6 cm³/mol. The van der Waals surface area contributed by atoms with E-state index in [0.717, 1.165) is 19.3 Å². The minimum absolute atomic E-state index is 0.0478. The number of carbonyl (C=O) groups is 2. The van der Waals surface area contributed by atoms with Gasteiger partial charge in [-0.2, -0.15) is 0 Å². The summed E-state index contributed by atoms with van der Waals surface area (Å²) < 4.78 is 16.2. The molecule has 7 nitrogen and oxygen atoms in total. The Morgan fingerprint density at radius 3 is 2.27 bits per heavy atom. The lowest BCUT2D eigenvalue weighted by molar-refractivity contribution is -0.140. The molecule has 2 saturated heterocycles. The highest BCUT2D eigenvalue weighted by Gasteiger charge is 2.31. The minimum Gasteiger partial charge on any atom is -0.496 e. The number of benzene rings is 1. The molecule has 0 N–H and O–H groups in total. The van der Waals surface area contributed by atoms with Gasteiger partial charge in [-0.05, 0) is 31.4 Å². The Morgan fingerprint density at radius 1 is 1.00 bits per heavy atom. The largest absolute Gasteiger partial charge is 0.496 e. The van der Waals surface area contributed by atoms with Crippen molar-refractivity contribution in [2.45, 2.75) is 25.4 Å². The van der Waals surface area contributed by atoms with Gasteiger partial charge in [-0.1, -0.05) is 6.07 Å². The molecule has 0 radical (unpaired) electrons. The normalized spacial score (nSPS) is 20.6. The third-order valence-corrected chi connectivity index (χ3v) is 4.94. The van der Waals surface area contributed by atoms with Gasteiger partial charge in [-0.25, -0.2) is 0 Å². The molecule has 7 heteroatoms. The van der Waals surface area contributed by atoms with Crippen molar-refractivity contribution in [3.8, 4) is 11.5 Å². The van der Waals surface area contributed by atoms with Crippen LogP contribution >= 0.6 is 0 Å². The first-order chi connectivity index (χ1) is 12.7. The maximum Gasteiger partial charge on any atom is 0.261 e. The van der Waals surface area contributed by atoms with E-state index in [0.29, 0.717) is 49.8 Å². The van der Waals surface area contributed by atoms with Gasteiger partial charge in [0.15, 0.2) is 0 Å². The van der Waals surface area contributed by atoms with E-state index < -0.39 is 0 Å². The molecule has 3 rings (SSSR count). The molecule has 1 atom stereocenters. The lowest BCUT2D eigenvalue weighted by atomic mass is 10.1. The van der Waals surface area contributed by atoms with Gasteiger partial charge in [0.2, 0.25) is 0 Å². The Hall–Kier alpha value is -2.28. The highest BCUT2D eigenvalue weighted by atomic mass is 16.5. The highest BCUT2D eigenvalue weighted by molar-refractivity contribution is 5.99. The first-order valence-electron chi connectivity index (χ1n) is 9.06. The number of amides is 2. The number of rotatable bonds is 4. The molecule has 0 aromatic heterocycles. The van der Waals surface area contributed by atoms with Crippen LogP contribution in [0.5, 0.6) is 11.5 Å². The third kappa shape index (κ3) is 3.77.